The molecule has 1 heterocycles. The SMILES string of the molecule is CC1CCN(C(=O)[C@]23CC[C@@](C(Br)Br)([C@@H]2Br)C3(C)C)CC1. The lowest BCUT2D eigenvalue weighted by Crippen LogP contribution is -2.72. The van der Waals surface area contributed by atoms with Crippen molar-refractivity contribution in [1.82, 2.24) is 4.90 Å². The summed E-state index contributed by atoms with van der Waals surface area (Å²) in [6.45, 7) is 8.75. The van der Waals surface area contributed by atoms with Crippen LogP contribution in [0, 0.1) is 22.2 Å². The fourth-order valence-electron chi connectivity index (χ4n) is 5.16. The van der Waals surface area contributed by atoms with E-state index in [1.165, 1.54) is 0 Å². The summed E-state index contributed by atoms with van der Waals surface area (Å²) in [5.41, 5.74) is -0.0644. The molecule has 0 aromatic carbocycles. The molecule has 1 amide bonds. The number of hydrogen-bond donors (Lipinski definition) is 0. The third-order valence-electron chi connectivity index (χ3n) is 6.94. The van der Waals surface area contributed by atoms with Gasteiger partial charge >= 0.3 is 0 Å². The molecule has 0 unspecified atom stereocenters. The minimum Gasteiger partial charge on any atom is -0.342 e. The van der Waals surface area contributed by atoms with Crippen LogP contribution < -0.4 is 0 Å². The minimum atomic E-state index is -0.215. The van der Waals surface area contributed by atoms with Crippen molar-refractivity contribution in [2.45, 2.75) is 55.0 Å². The van der Waals surface area contributed by atoms with Crippen LogP contribution >= 0.6 is 47.8 Å². The maximum Gasteiger partial charge on any atom is 0.230 e. The number of alkyl halides is 3. The van der Waals surface area contributed by atoms with Gasteiger partial charge in [0.05, 0.1) is 9.15 Å². The predicted molar refractivity (Wildman–Crippen MR) is 97.2 cm³/mol. The molecule has 4 fully saturated rings. The van der Waals surface area contributed by atoms with Gasteiger partial charge in [-0.05, 0) is 37.0 Å². The molecule has 3 saturated carbocycles. The van der Waals surface area contributed by atoms with Crippen molar-refractivity contribution in [1.29, 1.82) is 0 Å². The van der Waals surface area contributed by atoms with Gasteiger partial charge in [0.25, 0.3) is 0 Å². The van der Waals surface area contributed by atoms with Crippen molar-refractivity contribution >= 4 is 53.7 Å². The van der Waals surface area contributed by atoms with Crippen LogP contribution in [0.5, 0.6) is 0 Å². The number of piperidine rings is 1. The molecule has 0 N–H and O–H groups in total. The number of nitrogens with zero attached hydrogens (tertiary/aromatic N) is 1. The second-order valence-electron chi connectivity index (χ2n) is 7.77. The molecule has 2 bridgehead atoms. The van der Waals surface area contributed by atoms with E-state index < -0.39 is 0 Å². The van der Waals surface area contributed by atoms with E-state index in [9.17, 15) is 4.79 Å². The zero-order valence-electron chi connectivity index (χ0n) is 13.0. The van der Waals surface area contributed by atoms with E-state index in [1.54, 1.807) is 0 Å². The van der Waals surface area contributed by atoms with Crippen molar-refractivity contribution < 1.29 is 4.79 Å². The van der Waals surface area contributed by atoms with E-state index >= 15 is 0 Å². The number of amides is 1. The monoisotopic (exact) mass is 483 g/mol. The van der Waals surface area contributed by atoms with Crippen LogP contribution in [-0.4, -0.2) is 32.5 Å². The van der Waals surface area contributed by atoms with Crippen LogP contribution in [0.3, 0.4) is 0 Å². The molecule has 0 aromatic rings. The number of rotatable bonds is 2. The molecule has 5 heteroatoms. The second-order valence-corrected chi connectivity index (χ2v) is 11.8. The molecule has 120 valence electrons. The Morgan fingerprint density at radius 1 is 1.19 bits per heavy atom. The van der Waals surface area contributed by atoms with Gasteiger partial charge in [0.2, 0.25) is 5.91 Å². The zero-order chi connectivity index (χ0) is 15.6. The molecular formula is C16H24Br3NO. The smallest absolute Gasteiger partial charge is 0.230 e. The average Bonchev–Trinajstić information content (AvgIpc) is 2.88. The topological polar surface area (TPSA) is 20.3 Å². The van der Waals surface area contributed by atoms with Crippen molar-refractivity contribution in [2.24, 2.45) is 22.2 Å². The third kappa shape index (κ3) is 1.83. The van der Waals surface area contributed by atoms with E-state index in [1.807, 2.05) is 0 Å². The number of halogens is 3. The lowest BCUT2D eigenvalue weighted by atomic mass is 9.43. The summed E-state index contributed by atoms with van der Waals surface area (Å²) in [7, 11) is 0. The van der Waals surface area contributed by atoms with Crippen LogP contribution in [0.15, 0.2) is 0 Å². The Kier molecular flexibility index (Phi) is 4.15. The molecule has 0 radical (unpaired) electrons. The third-order valence-corrected chi connectivity index (χ3v) is 10.2. The van der Waals surface area contributed by atoms with Gasteiger partial charge in [-0.25, -0.2) is 0 Å². The van der Waals surface area contributed by atoms with Gasteiger partial charge in [-0.1, -0.05) is 68.6 Å². The Balaban J connectivity index is 1.88. The summed E-state index contributed by atoms with van der Waals surface area (Å²) in [4.78, 5) is 15.7. The number of hydrogen-bond acceptors (Lipinski definition) is 1. The van der Waals surface area contributed by atoms with Gasteiger partial charge in [0.15, 0.2) is 0 Å². The van der Waals surface area contributed by atoms with Crippen LogP contribution in [0.25, 0.3) is 0 Å². The zero-order valence-corrected chi connectivity index (χ0v) is 17.7. The number of likely N-dealkylation sites (tertiary alicyclic amines) is 1. The van der Waals surface area contributed by atoms with E-state index in [0.29, 0.717) is 5.91 Å². The van der Waals surface area contributed by atoms with Gasteiger partial charge in [0.1, 0.15) is 0 Å². The minimum absolute atomic E-state index is 0.0198. The van der Waals surface area contributed by atoms with Crippen LogP contribution in [0.1, 0.15) is 46.5 Å². The fraction of sp³-hybridized carbons (Fsp3) is 0.938. The predicted octanol–water partition coefficient (Wildman–Crippen LogP) is 4.93. The van der Waals surface area contributed by atoms with Crippen LogP contribution in [0.2, 0.25) is 0 Å². The maximum absolute atomic E-state index is 13.3. The molecule has 4 rings (SSSR count). The molecule has 0 spiro atoms. The summed E-state index contributed by atoms with van der Waals surface area (Å²) in [5, 5.41) is 0. The van der Waals surface area contributed by atoms with E-state index in [-0.39, 0.29) is 24.8 Å². The lowest BCUT2D eigenvalue weighted by Gasteiger charge is -2.66. The summed E-state index contributed by atoms with van der Waals surface area (Å²) in [5.74, 6) is 1.16. The van der Waals surface area contributed by atoms with Gasteiger partial charge in [-0.3, -0.25) is 4.79 Å². The maximum atomic E-state index is 13.3. The lowest BCUT2D eigenvalue weighted by molar-refractivity contribution is -0.174. The first-order valence-electron chi connectivity index (χ1n) is 7.93. The van der Waals surface area contributed by atoms with Gasteiger partial charge < -0.3 is 4.90 Å². The number of fused-ring (bicyclic) bond motifs is 1. The Morgan fingerprint density at radius 3 is 2.19 bits per heavy atom. The van der Waals surface area contributed by atoms with E-state index in [2.05, 4.69) is 73.5 Å². The quantitative estimate of drug-likeness (QED) is 0.508. The number of carbonyl (C=O) groups is 1. The van der Waals surface area contributed by atoms with Gasteiger partial charge in [-0.15, -0.1) is 0 Å². The molecule has 0 aromatic heterocycles. The molecular weight excluding hydrogens is 462 g/mol. The van der Waals surface area contributed by atoms with Crippen molar-refractivity contribution in [2.75, 3.05) is 13.1 Å². The first kappa shape index (κ1) is 16.8. The van der Waals surface area contributed by atoms with Crippen molar-refractivity contribution in [3.8, 4) is 0 Å². The highest BCUT2D eigenvalue weighted by Crippen LogP contribution is 2.82. The summed E-state index contributed by atoms with van der Waals surface area (Å²) in [6.07, 6.45) is 4.42. The first-order chi connectivity index (χ1) is 9.71. The van der Waals surface area contributed by atoms with Gasteiger partial charge in [0, 0.05) is 23.3 Å². The Morgan fingerprint density at radius 2 is 1.76 bits per heavy atom. The van der Waals surface area contributed by atoms with Crippen LogP contribution in [0.4, 0.5) is 0 Å². The molecule has 2 nitrogen and oxygen atoms in total. The largest absolute Gasteiger partial charge is 0.342 e. The fourth-order valence-corrected chi connectivity index (χ4v) is 10.1. The first-order valence-corrected chi connectivity index (χ1v) is 10.7. The van der Waals surface area contributed by atoms with Crippen molar-refractivity contribution in [3.63, 3.8) is 0 Å². The van der Waals surface area contributed by atoms with E-state index in [4.69, 9.17) is 0 Å². The Hall–Kier alpha value is 0.910. The highest BCUT2D eigenvalue weighted by molar-refractivity contribution is 9.24. The molecule has 3 aliphatic carbocycles. The molecule has 3 atom stereocenters. The Bertz CT molecular complexity index is 458. The van der Waals surface area contributed by atoms with Crippen molar-refractivity contribution in [3.05, 3.63) is 0 Å². The Labute approximate surface area is 153 Å². The van der Waals surface area contributed by atoms with Gasteiger partial charge in [-0.2, -0.15) is 0 Å². The standard InChI is InChI=1S/C16H24Br3NO/c1-10-4-8-20(9-5-10)13(21)16-7-6-15(11(16)17,12(18)19)14(16,2)3/h10-12H,4-9H2,1-3H3/t11-,15-,16-/m0/s1. The molecule has 1 aliphatic heterocycles. The number of carbonyl (C=O) groups excluding carboxylic acids is 1. The normalized spacial score (nSPS) is 42.2. The molecule has 21 heavy (non-hydrogen) atoms. The second kappa shape index (κ2) is 5.20. The average molecular weight is 486 g/mol. The van der Waals surface area contributed by atoms with E-state index in [0.717, 1.165) is 44.7 Å². The summed E-state index contributed by atoms with van der Waals surface area (Å²) >= 11 is 11.4. The highest BCUT2D eigenvalue weighted by Gasteiger charge is 2.83. The summed E-state index contributed by atoms with van der Waals surface area (Å²) in [6, 6.07) is 0. The molecule has 1 saturated heterocycles. The van der Waals surface area contributed by atoms with Crippen LogP contribution in [-0.2, 0) is 4.79 Å². The highest BCUT2D eigenvalue weighted by atomic mass is 79.9. The molecule has 4 aliphatic rings. The summed E-state index contributed by atoms with van der Waals surface area (Å²) < 4.78 is 0.252.